The molecule has 0 spiro atoms. The van der Waals surface area contributed by atoms with Crippen LogP contribution in [-0.2, 0) is 26.2 Å². The number of sulfonamides is 1. The second-order valence-electron chi connectivity index (χ2n) is 7.96. The first kappa shape index (κ1) is 26.3. The number of anilines is 1. The van der Waals surface area contributed by atoms with E-state index in [1.807, 2.05) is 38.1 Å². The second kappa shape index (κ2) is 11.8. The van der Waals surface area contributed by atoms with E-state index in [4.69, 9.17) is 0 Å². The number of carbonyl (C=O) groups is 2. The minimum absolute atomic E-state index is 0.0609. The van der Waals surface area contributed by atoms with Crippen molar-refractivity contribution < 1.29 is 22.4 Å². The zero-order valence-corrected chi connectivity index (χ0v) is 20.4. The summed E-state index contributed by atoms with van der Waals surface area (Å²) in [5.74, 6) is -0.949. The van der Waals surface area contributed by atoms with Crippen molar-refractivity contribution in [1.29, 1.82) is 0 Å². The molecule has 1 atom stereocenters. The monoisotopic (exact) mass is 477 g/mol. The lowest BCUT2D eigenvalue weighted by molar-refractivity contribution is -0.141. The Balaban J connectivity index is 2.17. The van der Waals surface area contributed by atoms with Crippen LogP contribution in [0.4, 0.5) is 10.1 Å². The Bertz CT molecular complexity index is 1040. The van der Waals surface area contributed by atoms with E-state index in [2.05, 4.69) is 5.32 Å². The molecule has 0 saturated heterocycles. The van der Waals surface area contributed by atoms with Crippen molar-refractivity contribution in [1.82, 2.24) is 10.2 Å². The SMILES string of the molecule is CCC(C(=O)NC)N(Cc1ccc(C)cc1)C(=O)CCCN(c1ccc(F)cc1)S(C)(=O)=O. The summed E-state index contributed by atoms with van der Waals surface area (Å²) in [7, 11) is -2.08. The highest BCUT2D eigenvalue weighted by atomic mass is 32.2. The molecule has 1 unspecified atom stereocenters. The van der Waals surface area contributed by atoms with Crippen molar-refractivity contribution in [2.24, 2.45) is 0 Å². The van der Waals surface area contributed by atoms with Crippen molar-refractivity contribution in [2.45, 2.75) is 45.7 Å². The molecule has 9 heteroatoms. The summed E-state index contributed by atoms with van der Waals surface area (Å²) < 4.78 is 38.9. The topological polar surface area (TPSA) is 86.8 Å². The maximum absolute atomic E-state index is 13.2. The van der Waals surface area contributed by atoms with Gasteiger partial charge in [0.25, 0.3) is 0 Å². The molecule has 0 bridgehead atoms. The molecule has 0 heterocycles. The highest BCUT2D eigenvalue weighted by Crippen LogP contribution is 2.20. The Morgan fingerprint density at radius 2 is 1.67 bits per heavy atom. The minimum Gasteiger partial charge on any atom is -0.357 e. The van der Waals surface area contributed by atoms with Gasteiger partial charge in [0.1, 0.15) is 11.9 Å². The van der Waals surface area contributed by atoms with Crippen LogP contribution < -0.4 is 9.62 Å². The molecule has 2 rings (SSSR count). The van der Waals surface area contributed by atoms with Crippen LogP contribution in [0.5, 0.6) is 0 Å². The van der Waals surface area contributed by atoms with Crippen LogP contribution in [0.1, 0.15) is 37.3 Å². The van der Waals surface area contributed by atoms with E-state index in [1.54, 1.807) is 4.90 Å². The third-order valence-corrected chi connectivity index (χ3v) is 6.57. The minimum atomic E-state index is -3.62. The number of hydrogen-bond donors (Lipinski definition) is 1. The first-order valence-corrected chi connectivity index (χ1v) is 12.7. The number of nitrogens with one attached hydrogen (secondary N) is 1. The van der Waals surface area contributed by atoms with Crippen LogP contribution in [0.3, 0.4) is 0 Å². The number of halogens is 1. The molecule has 0 aliphatic carbocycles. The fraction of sp³-hybridized carbons (Fsp3) is 0.417. The van der Waals surface area contributed by atoms with Crippen LogP contribution in [0, 0.1) is 12.7 Å². The van der Waals surface area contributed by atoms with E-state index in [0.29, 0.717) is 12.1 Å². The van der Waals surface area contributed by atoms with Crippen molar-refractivity contribution in [3.8, 4) is 0 Å². The predicted octanol–water partition coefficient (Wildman–Crippen LogP) is 3.23. The number of benzene rings is 2. The summed E-state index contributed by atoms with van der Waals surface area (Å²) in [5, 5.41) is 2.62. The maximum atomic E-state index is 13.2. The van der Waals surface area contributed by atoms with Crippen LogP contribution in [0.25, 0.3) is 0 Å². The smallest absolute Gasteiger partial charge is 0.242 e. The predicted molar refractivity (Wildman–Crippen MR) is 128 cm³/mol. The van der Waals surface area contributed by atoms with Gasteiger partial charge >= 0.3 is 0 Å². The van der Waals surface area contributed by atoms with E-state index in [-0.39, 0.29) is 37.7 Å². The first-order valence-electron chi connectivity index (χ1n) is 10.9. The van der Waals surface area contributed by atoms with E-state index in [9.17, 15) is 22.4 Å². The number of aryl methyl sites for hydroxylation is 1. The molecule has 1 N–H and O–H groups in total. The van der Waals surface area contributed by atoms with E-state index < -0.39 is 21.9 Å². The Kier molecular flexibility index (Phi) is 9.40. The summed E-state index contributed by atoms with van der Waals surface area (Å²) in [6, 6.07) is 12.3. The normalized spacial score (nSPS) is 12.2. The first-order chi connectivity index (χ1) is 15.6. The summed E-state index contributed by atoms with van der Waals surface area (Å²) in [4.78, 5) is 27.2. The van der Waals surface area contributed by atoms with Gasteiger partial charge in [0.05, 0.1) is 11.9 Å². The molecule has 0 saturated carbocycles. The van der Waals surface area contributed by atoms with Crippen LogP contribution in [0.2, 0.25) is 0 Å². The zero-order chi connectivity index (χ0) is 24.6. The van der Waals surface area contributed by atoms with Crippen molar-refractivity contribution in [3.05, 3.63) is 65.5 Å². The molecule has 2 aromatic rings. The molecule has 2 aromatic carbocycles. The average Bonchev–Trinajstić information content (AvgIpc) is 2.77. The number of nitrogens with zero attached hydrogens (tertiary/aromatic N) is 2. The molecule has 0 radical (unpaired) electrons. The lowest BCUT2D eigenvalue weighted by atomic mass is 10.1. The Labute approximate surface area is 195 Å². The molecular formula is C24H32FN3O4S. The summed E-state index contributed by atoms with van der Waals surface area (Å²) in [5.41, 5.74) is 2.33. The Morgan fingerprint density at radius 1 is 1.06 bits per heavy atom. The zero-order valence-electron chi connectivity index (χ0n) is 19.5. The van der Waals surface area contributed by atoms with Crippen molar-refractivity contribution in [2.75, 3.05) is 24.2 Å². The average molecular weight is 478 g/mol. The molecule has 0 aliphatic rings. The summed E-state index contributed by atoms with van der Waals surface area (Å²) >= 11 is 0. The van der Waals surface area contributed by atoms with Gasteiger partial charge in [-0.05, 0) is 49.6 Å². The van der Waals surface area contributed by atoms with Gasteiger partial charge in [-0.15, -0.1) is 0 Å². The molecule has 2 amide bonds. The quantitative estimate of drug-likeness (QED) is 0.538. The fourth-order valence-electron chi connectivity index (χ4n) is 3.59. The number of likely N-dealkylation sites (N-methyl/N-ethyl adjacent to an activating group) is 1. The second-order valence-corrected chi connectivity index (χ2v) is 9.87. The van der Waals surface area contributed by atoms with Crippen molar-refractivity contribution in [3.63, 3.8) is 0 Å². The van der Waals surface area contributed by atoms with E-state index in [0.717, 1.165) is 21.7 Å². The molecular weight excluding hydrogens is 445 g/mol. The summed E-state index contributed by atoms with van der Waals surface area (Å²) in [6.45, 7) is 4.15. The van der Waals surface area contributed by atoms with Gasteiger partial charge in [-0.1, -0.05) is 36.8 Å². The Morgan fingerprint density at radius 3 is 2.18 bits per heavy atom. The fourth-order valence-corrected chi connectivity index (χ4v) is 4.55. The van der Waals surface area contributed by atoms with E-state index in [1.165, 1.54) is 31.3 Å². The van der Waals surface area contributed by atoms with Gasteiger partial charge in [-0.2, -0.15) is 0 Å². The van der Waals surface area contributed by atoms with Gasteiger partial charge in [0.15, 0.2) is 0 Å². The Hall–Kier alpha value is -2.94. The highest BCUT2D eigenvalue weighted by molar-refractivity contribution is 7.92. The van der Waals surface area contributed by atoms with Gasteiger partial charge in [0.2, 0.25) is 21.8 Å². The van der Waals surface area contributed by atoms with Gasteiger partial charge < -0.3 is 10.2 Å². The van der Waals surface area contributed by atoms with Crippen LogP contribution in [0.15, 0.2) is 48.5 Å². The maximum Gasteiger partial charge on any atom is 0.242 e. The highest BCUT2D eigenvalue weighted by Gasteiger charge is 2.28. The third-order valence-electron chi connectivity index (χ3n) is 5.37. The largest absolute Gasteiger partial charge is 0.357 e. The number of amides is 2. The number of carbonyl (C=O) groups excluding carboxylic acids is 2. The number of hydrogen-bond acceptors (Lipinski definition) is 4. The third kappa shape index (κ3) is 7.56. The molecule has 0 aliphatic heterocycles. The molecule has 33 heavy (non-hydrogen) atoms. The molecule has 7 nitrogen and oxygen atoms in total. The lowest BCUT2D eigenvalue weighted by Gasteiger charge is -2.31. The van der Waals surface area contributed by atoms with Crippen molar-refractivity contribution >= 4 is 27.5 Å². The van der Waals surface area contributed by atoms with Gasteiger partial charge in [0, 0.05) is 26.6 Å². The molecule has 180 valence electrons. The van der Waals surface area contributed by atoms with E-state index >= 15 is 0 Å². The van der Waals surface area contributed by atoms with Gasteiger partial charge in [-0.3, -0.25) is 13.9 Å². The van der Waals surface area contributed by atoms with Crippen LogP contribution >= 0.6 is 0 Å². The van der Waals surface area contributed by atoms with Crippen LogP contribution in [-0.4, -0.2) is 51.0 Å². The lowest BCUT2D eigenvalue weighted by Crippen LogP contribution is -2.48. The standard InChI is InChI=1S/C24H32FN3O4S/c1-5-22(24(30)26-3)27(17-19-10-8-18(2)9-11-19)23(29)7-6-16-28(33(4,31)32)21-14-12-20(25)13-15-21/h8-15,22H,5-7,16-17H2,1-4H3,(H,26,30). The summed E-state index contributed by atoms with van der Waals surface area (Å²) in [6.07, 6.45) is 1.83. The molecule has 0 fully saturated rings. The molecule has 0 aromatic heterocycles. The number of rotatable bonds is 11. The van der Waals surface area contributed by atoms with Gasteiger partial charge in [-0.25, -0.2) is 12.8 Å².